The van der Waals surface area contributed by atoms with Crippen molar-refractivity contribution in [2.75, 3.05) is 0 Å². The molecule has 0 spiro atoms. The van der Waals surface area contributed by atoms with Crippen molar-refractivity contribution in [2.45, 2.75) is 0 Å². The molecule has 0 bridgehead atoms. The lowest BCUT2D eigenvalue weighted by Gasteiger charge is -2.05. The molecule has 2 aromatic carbocycles. The zero-order valence-corrected chi connectivity index (χ0v) is 8.73. The van der Waals surface area contributed by atoms with Crippen molar-refractivity contribution in [3.63, 3.8) is 0 Å². The molecule has 0 unspecified atom stereocenters. The Hall–Kier alpha value is -1.48. The fourth-order valence-corrected chi connectivity index (χ4v) is 1.65. The third-order valence-electron chi connectivity index (χ3n) is 2.17. The Morgan fingerprint density at radius 2 is 1.44 bits per heavy atom. The van der Waals surface area contributed by atoms with Gasteiger partial charge in [0.05, 0.1) is 0 Å². The molecule has 0 N–H and O–H groups in total. The van der Waals surface area contributed by atoms with E-state index in [0.29, 0.717) is 10.6 Å². The van der Waals surface area contributed by atoms with Crippen LogP contribution in [0.2, 0.25) is 5.02 Å². The Labute approximate surface area is 95.3 Å². The molecule has 16 heavy (non-hydrogen) atoms. The van der Waals surface area contributed by atoms with E-state index in [1.54, 1.807) is 24.3 Å². The van der Waals surface area contributed by atoms with Crippen LogP contribution in [0.15, 0.2) is 36.4 Å². The van der Waals surface area contributed by atoms with Gasteiger partial charge in [-0.25, -0.2) is 13.2 Å². The molecule has 0 nitrogen and oxygen atoms in total. The van der Waals surface area contributed by atoms with Gasteiger partial charge in [-0.3, -0.25) is 0 Å². The summed E-state index contributed by atoms with van der Waals surface area (Å²) in [5.41, 5.74) is 0.670. The first kappa shape index (κ1) is 11.0. The summed E-state index contributed by atoms with van der Waals surface area (Å²) in [7, 11) is 0. The molecule has 0 heterocycles. The van der Waals surface area contributed by atoms with E-state index in [0.717, 1.165) is 12.1 Å². The molecular formula is C12H6ClF3. The van der Waals surface area contributed by atoms with Crippen molar-refractivity contribution >= 4 is 11.6 Å². The minimum atomic E-state index is -1.48. The molecule has 82 valence electrons. The minimum Gasteiger partial charge on any atom is -0.204 e. The van der Waals surface area contributed by atoms with Gasteiger partial charge < -0.3 is 0 Å². The van der Waals surface area contributed by atoms with Crippen LogP contribution >= 0.6 is 11.6 Å². The number of benzene rings is 2. The molecule has 2 rings (SSSR count). The third-order valence-corrected chi connectivity index (χ3v) is 2.50. The van der Waals surface area contributed by atoms with Crippen molar-refractivity contribution < 1.29 is 13.2 Å². The van der Waals surface area contributed by atoms with Crippen molar-refractivity contribution in [2.24, 2.45) is 0 Å². The average molecular weight is 243 g/mol. The highest BCUT2D eigenvalue weighted by Gasteiger charge is 2.12. The van der Waals surface area contributed by atoms with E-state index in [1.807, 2.05) is 0 Å². The van der Waals surface area contributed by atoms with Gasteiger partial charge in [-0.2, -0.15) is 0 Å². The largest absolute Gasteiger partial charge is 0.204 e. The second-order valence-corrected chi connectivity index (χ2v) is 3.64. The zero-order chi connectivity index (χ0) is 11.7. The van der Waals surface area contributed by atoms with E-state index in [-0.39, 0.29) is 5.56 Å². The molecule has 0 aliphatic carbocycles. The lowest BCUT2D eigenvalue weighted by molar-refractivity contribution is 0.448. The van der Waals surface area contributed by atoms with Crippen molar-refractivity contribution in [3.05, 3.63) is 58.9 Å². The molecule has 0 saturated carbocycles. The Bertz CT molecular complexity index is 515. The summed E-state index contributed by atoms with van der Waals surface area (Å²) >= 11 is 5.86. The molecule has 0 aliphatic heterocycles. The summed E-state index contributed by atoms with van der Waals surface area (Å²) in [6, 6.07) is 8.41. The van der Waals surface area contributed by atoms with Crippen LogP contribution in [-0.2, 0) is 0 Å². The lowest BCUT2D eigenvalue weighted by Crippen LogP contribution is -1.92. The highest BCUT2D eigenvalue weighted by molar-refractivity contribution is 6.33. The molecule has 0 amide bonds. The molecule has 0 aliphatic rings. The highest BCUT2D eigenvalue weighted by Crippen LogP contribution is 2.29. The standard InChI is InChI=1S/C12H6ClF3/c13-9-4-2-1-3-8(9)7-5-10(14)12(16)11(15)6-7/h1-6H. The normalized spacial score (nSPS) is 10.5. The zero-order valence-electron chi connectivity index (χ0n) is 7.98. The van der Waals surface area contributed by atoms with Gasteiger partial charge in [-0.05, 0) is 23.8 Å². The highest BCUT2D eigenvalue weighted by atomic mass is 35.5. The molecule has 0 radical (unpaired) electrons. The van der Waals surface area contributed by atoms with Gasteiger partial charge in [0, 0.05) is 10.6 Å². The maximum Gasteiger partial charge on any atom is 0.194 e. The summed E-state index contributed by atoms with van der Waals surface area (Å²) in [5, 5.41) is 0.355. The Kier molecular flexibility index (Phi) is 2.88. The van der Waals surface area contributed by atoms with Crippen LogP contribution < -0.4 is 0 Å². The van der Waals surface area contributed by atoms with Crippen LogP contribution in [0.4, 0.5) is 13.2 Å². The maximum atomic E-state index is 13.0. The summed E-state index contributed by atoms with van der Waals surface area (Å²) in [6.07, 6.45) is 0. The molecule has 2 aromatic rings. The first-order chi connectivity index (χ1) is 7.59. The second kappa shape index (κ2) is 4.18. The molecule has 0 aromatic heterocycles. The average Bonchev–Trinajstić information content (AvgIpc) is 2.26. The number of halogens is 4. The van der Waals surface area contributed by atoms with Crippen LogP contribution in [0.5, 0.6) is 0 Å². The van der Waals surface area contributed by atoms with Crippen LogP contribution in [0.3, 0.4) is 0 Å². The summed E-state index contributed by atoms with van der Waals surface area (Å²) in [5.74, 6) is -3.93. The predicted molar refractivity (Wildman–Crippen MR) is 56.8 cm³/mol. The summed E-state index contributed by atoms with van der Waals surface area (Å²) in [6.45, 7) is 0. The fourth-order valence-electron chi connectivity index (χ4n) is 1.41. The lowest BCUT2D eigenvalue weighted by atomic mass is 10.1. The fraction of sp³-hybridized carbons (Fsp3) is 0. The van der Waals surface area contributed by atoms with Crippen LogP contribution in [-0.4, -0.2) is 0 Å². The summed E-state index contributed by atoms with van der Waals surface area (Å²) in [4.78, 5) is 0. The van der Waals surface area contributed by atoms with Crippen LogP contribution in [0.1, 0.15) is 0 Å². The van der Waals surface area contributed by atoms with Gasteiger partial charge in [-0.15, -0.1) is 0 Å². The Morgan fingerprint density at radius 3 is 2.00 bits per heavy atom. The van der Waals surface area contributed by atoms with E-state index in [1.165, 1.54) is 0 Å². The van der Waals surface area contributed by atoms with Gasteiger partial charge in [0.25, 0.3) is 0 Å². The minimum absolute atomic E-state index is 0.210. The van der Waals surface area contributed by atoms with Crippen LogP contribution in [0.25, 0.3) is 11.1 Å². The van der Waals surface area contributed by atoms with E-state index >= 15 is 0 Å². The monoisotopic (exact) mass is 242 g/mol. The number of rotatable bonds is 1. The maximum absolute atomic E-state index is 13.0. The second-order valence-electron chi connectivity index (χ2n) is 3.23. The first-order valence-corrected chi connectivity index (χ1v) is 4.87. The molecule has 4 heteroatoms. The van der Waals surface area contributed by atoms with E-state index in [4.69, 9.17) is 11.6 Å². The third kappa shape index (κ3) is 1.91. The van der Waals surface area contributed by atoms with Gasteiger partial charge in [-0.1, -0.05) is 29.8 Å². The van der Waals surface area contributed by atoms with Gasteiger partial charge in [0.2, 0.25) is 0 Å². The van der Waals surface area contributed by atoms with Crippen molar-refractivity contribution in [1.29, 1.82) is 0 Å². The van der Waals surface area contributed by atoms with Gasteiger partial charge in [0.15, 0.2) is 17.5 Å². The van der Waals surface area contributed by atoms with Crippen molar-refractivity contribution in [3.8, 4) is 11.1 Å². The predicted octanol–water partition coefficient (Wildman–Crippen LogP) is 4.42. The Balaban J connectivity index is 2.62. The van der Waals surface area contributed by atoms with E-state index < -0.39 is 17.5 Å². The number of hydrogen-bond donors (Lipinski definition) is 0. The van der Waals surface area contributed by atoms with Gasteiger partial charge >= 0.3 is 0 Å². The molecule has 0 fully saturated rings. The first-order valence-electron chi connectivity index (χ1n) is 4.49. The SMILES string of the molecule is Fc1cc(-c2ccccc2Cl)cc(F)c1F. The molecular weight excluding hydrogens is 237 g/mol. The molecule has 0 atom stereocenters. The van der Waals surface area contributed by atoms with E-state index in [2.05, 4.69) is 0 Å². The molecule has 0 saturated heterocycles. The van der Waals surface area contributed by atoms with Crippen molar-refractivity contribution in [1.82, 2.24) is 0 Å². The Morgan fingerprint density at radius 1 is 0.875 bits per heavy atom. The quantitative estimate of drug-likeness (QED) is 0.649. The topological polar surface area (TPSA) is 0 Å². The summed E-state index contributed by atoms with van der Waals surface area (Å²) < 4.78 is 38.7. The number of hydrogen-bond acceptors (Lipinski definition) is 0. The van der Waals surface area contributed by atoms with Crippen LogP contribution in [0, 0.1) is 17.5 Å². The smallest absolute Gasteiger partial charge is 0.194 e. The van der Waals surface area contributed by atoms with E-state index in [9.17, 15) is 13.2 Å². The van der Waals surface area contributed by atoms with Gasteiger partial charge in [0.1, 0.15) is 0 Å².